The number of hydrogen-bond donors (Lipinski definition) is 2. The summed E-state index contributed by atoms with van der Waals surface area (Å²) in [5, 5.41) is 23.1. The monoisotopic (exact) mass is 703 g/mol. The Labute approximate surface area is 266 Å². The third-order valence-corrected chi connectivity index (χ3v) is 10.5. The molecule has 3 aliphatic rings. The van der Waals surface area contributed by atoms with Gasteiger partial charge in [-0.05, 0) is 101 Å². The number of carbonyl (C=O) groups is 2. The highest BCUT2D eigenvalue weighted by Crippen LogP contribution is 2.52. The molecule has 2 aliphatic heterocycles. The number of thiophene rings is 1. The molecule has 4 atom stereocenters. The van der Waals surface area contributed by atoms with Crippen molar-refractivity contribution < 1.29 is 29.1 Å². The second-order valence-electron chi connectivity index (χ2n) is 11.9. The zero-order chi connectivity index (χ0) is 30.1. The van der Waals surface area contributed by atoms with Crippen molar-refractivity contribution in [2.45, 2.75) is 71.8 Å². The summed E-state index contributed by atoms with van der Waals surface area (Å²) >= 11 is 3.66. The molecule has 7 nitrogen and oxygen atoms in total. The number of carbonyl (C=O) groups excluding carboxylic acids is 2. The summed E-state index contributed by atoms with van der Waals surface area (Å²) in [6.45, 7) is 6.76. The summed E-state index contributed by atoms with van der Waals surface area (Å²) in [4.78, 5) is 29.8. The Bertz CT molecular complexity index is 1390. The van der Waals surface area contributed by atoms with E-state index in [4.69, 9.17) is 9.39 Å². The van der Waals surface area contributed by atoms with Gasteiger partial charge in [-0.25, -0.2) is 0 Å². The van der Waals surface area contributed by atoms with Gasteiger partial charge in [-0.15, -0.1) is 11.3 Å². The largest absolute Gasteiger partial charge is 0.504 e. The molecule has 2 fully saturated rings. The molecular formula is C32H39BINO6S. The highest BCUT2D eigenvalue weighted by Gasteiger charge is 2.57. The predicted molar refractivity (Wildman–Crippen MR) is 174 cm³/mol. The van der Waals surface area contributed by atoms with Crippen LogP contribution in [0.1, 0.15) is 63.3 Å². The number of nitrogens with zero attached hydrogens (tertiary/aromatic N) is 1. The lowest BCUT2D eigenvalue weighted by Crippen LogP contribution is -2.46. The highest BCUT2D eigenvalue weighted by atomic mass is 127. The third kappa shape index (κ3) is 6.23. The average molecular weight is 703 g/mol. The fraction of sp³-hybridized carbons (Fsp3) is 0.500. The lowest BCUT2D eigenvalue weighted by molar-refractivity contribution is -0.140. The maximum Gasteiger partial charge on any atom is 0.455 e. The second-order valence-corrected chi connectivity index (χ2v) is 14.1. The number of ether oxygens (including phenoxy) is 1. The number of halogens is 1. The summed E-state index contributed by atoms with van der Waals surface area (Å²) in [6, 6.07) is 7.68. The molecule has 2 N–H and O–H groups in total. The first kappa shape index (κ1) is 31.3. The van der Waals surface area contributed by atoms with E-state index in [9.17, 15) is 19.7 Å². The number of rotatable bonds is 10. The molecular weight excluding hydrogens is 664 g/mol. The zero-order valence-corrected chi connectivity index (χ0v) is 27.6. The number of likely N-dealkylation sites (tertiary alicyclic amines) is 1. The Balaban J connectivity index is 1.42. The molecule has 0 radical (unpaired) electrons. The summed E-state index contributed by atoms with van der Waals surface area (Å²) in [6.07, 6.45) is 6.06. The molecule has 5 rings (SSSR count). The van der Waals surface area contributed by atoms with Crippen LogP contribution in [0.4, 0.5) is 0 Å². The van der Waals surface area contributed by atoms with Crippen LogP contribution in [0.5, 0.6) is 11.5 Å². The number of imide groups is 1. The van der Waals surface area contributed by atoms with Crippen molar-refractivity contribution in [2.75, 3.05) is 7.11 Å². The molecule has 0 bridgehead atoms. The topological polar surface area (TPSA) is 96.3 Å². The van der Waals surface area contributed by atoms with Gasteiger partial charge in [-0.3, -0.25) is 14.5 Å². The van der Waals surface area contributed by atoms with Crippen LogP contribution in [-0.2, 0) is 20.8 Å². The lowest BCUT2D eigenvalue weighted by Gasteiger charge is -2.44. The van der Waals surface area contributed by atoms with E-state index in [-0.39, 0.29) is 41.4 Å². The average Bonchev–Trinajstić information content (AvgIpc) is 3.55. The minimum absolute atomic E-state index is 0.0831. The van der Waals surface area contributed by atoms with Crippen LogP contribution in [-0.4, -0.2) is 47.2 Å². The van der Waals surface area contributed by atoms with Gasteiger partial charge >= 0.3 is 7.12 Å². The maximum atomic E-state index is 13.8. The normalized spacial score (nSPS) is 24.5. The van der Waals surface area contributed by atoms with Gasteiger partial charge in [0.05, 0.1) is 35.2 Å². The van der Waals surface area contributed by atoms with Crippen molar-refractivity contribution in [3.63, 3.8) is 0 Å². The first-order valence-electron chi connectivity index (χ1n) is 14.8. The van der Waals surface area contributed by atoms with Gasteiger partial charge in [-0.2, -0.15) is 0 Å². The molecule has 0 unspecified atom stereocenters. The minimum atomic E-state index is -0.980. The molecule has 2 saturated heterocycles. The van der Waals surface area contributed by atoms with Crippen LogP contribution in [0.25, 0.3) is 6.08 Å². The highest BCUT2D eigenvalue weighted by molar-refractivity contribution is 14.1. The second kappa shape index (κ2) is 13.2. The summed E-state index contributed by atoms with van der Waals surface area (Å²) in [7, 11) is 0.568. The Kier molecular flexibility index (Phi) is 9.86. The molecule has 0 spiro atoms. The van der Waals surface area contributed by atoms with Crippen LogP contribution in [0.3, 0.4) is 0 Å². The maximum absolute atomic E-state index is 13.8. The smallest absolute Gasteiger partial charge is 0.455 e. The number of benzene rings is 1. The molecule has 2 aromatic rings. The van der Waals surface area contributed by atoms with Crippen LogP contribution in [0.2, 0.25) is 6.32 Å². The molecule has 1 aromatic heterocycles. The number of allylic oxidation sites excluding steroid dienone is 2. The van der Waals surface area contributed by atoms with Crippen molar-refractivity contribution in [3.05, 3.63) is 60.4 Å². The van der Waals surface area contributed by atoms with E-state index in [2.05, 4.69) is 49.4 Å². The third-order valence-electron chi connectivity index (χ3n) is 8.87. The Morgan fingerprint density at radius 1 is 1.26 bits per heavy atom. The van der Waals surface area contributed by atoms with Gasteiger partial charge in [0.25, 0.3) is 0 Å². The number of phenols is 1. The Hall–Kier alpha value is -2.15. The number of fused-ring (bicyclic) bond motifs is 3. The molecule has 42 heavy (non-hydrogen) atoms. The van der Waals surface area contributed by atoms with Crippen molar-refractivity contribution in [1.29, 1.82) is 0 Å². The number of amides is 2. The SMILES string of the molecule is CCC/C(=C\c1cc(I)c(O)c(OC)c1)CC[C@H]1OB(O)C[C@H]2C1=C(C(C)C)C[C@H]1C(=O)N(Cc3cccs3)C(=O)[C@H]12. The summed E-state index contributed by atoms with van der Waals surface area (Å²) in [5.74, 6) is -0.444. The van der Waals surface area contributed by atoms with Crippen LogP contribution < -0.4 is 4.74 Å². The van der Waals surface area contributed by atoms with Crippen molar-refractivity contribution >= 4 is 58.9 Å². The lowest BCUT2D eigenvalue weighted by atomic mass is 9.57. The molecule has 0 saturated carbocycles. The number of phenolic OH excluding ortho intramolecular Hbond substituents is 1. The zero-order valence-electron chi connectivity index (χ0n) is 24.6. The van der Waals surface area contributed by atoms with E-state index < -0.39 is 13.0 Å². The van der Waals surface area contributed by atoms with Gasteiger partial charge in [0.2, 0.25) is 11.8 Å². The van der Waals surface area contributed by atoms with E-state index in [1.165, 1.54) is 16.0 Å². The summed E-state index contributed by atoms with van der Waals surface area (Å²) < 4.78 is 12.3. The first-order chi connectivity index (χ1) is 20.1. The molecule has 10 heteroatoms. The Morgan fingerprint density at radius 3 is 2.71 bits per heavy atom. The minimum Gasteiger partial charge on any atom is -0.504 e. The summed E-state index contributed by atoms with van der Waals surface area (Å²) in [5.41, 5.74) is 4.54. The number of methoxy groups -OCH3 is 1. The van der Waals surface area contributed by atoms with Gasteiger partial charge in [-0.1, -0.05) is 50.5 Å². The van der Waals surface area contributed by atoms with Crippen LogP contribution in [0, 0.1) is 27.2 Å². The fourth-order valence-electron chi connectivity index (χ4n) is 7.00. The van der Waals surface area contributed by atoms with Crippen molar-refractivity contribution in [1.82, 2.24) is 4.90 Å². The van der Waals surface area contributed by atoms with Gasteiger partial charge in [0, 0.05) is 4.88 Å². The molecule has 3 heterocycles. The molecule has 224 valence electrons. The molecule has 1 aromatic carbocycles. The van der Waals surface area contributed by atoms with E-state index in [0.717, 1.165) is 38.8 Å². The molecule has 2 amide bonds. The van der Waals surface area contributed by atoms with Crippen molar-refractivity contribution in [3.8, 4) is 11.5 Å². The fourth-order valence-corrected chi connectivity index (χ4v) is 8.32. The van der Waals surface area contributed by atoms with Gasteiger partial charge in [0.1, 0.15) is 0 Å². The van der Waals surface area contributed by atoms with E-state index in [0.29, 0.717) is 31.5 Å². The quantitative estimate of drug-likeness (QED) is 0.124. The predicted octanol–water partition coefficient (Wildman–Crippen LogP) is 6.68. The van der Waals surface area contributed by atoms with Gasteiger partial charge < -0.3 is 19.5 Å². The molecule has 1 aliphatic carbocycles. The number of aromatic hydroxyl groups is 1. The van der Waals surface area contributed by atoms with E-state index >= 15 is 0 Å². The number of hydrogen-bond acceptors (Lipinski definition) is 7. The van der Waals surface area contributed by atoms with E-state index in [1.54, 1.807) is 18.4 Å². The van der Waals surface area contributed by atoms with Gasteiger partial charge in [0.15, 0.2) is 11.5 Å². The standard InChI is InChI=1S/C32H39BINO6S/c1-5-7-19(12-20-13-25(34)30(36)27(14-20)40-4)9-10-26-28-22(18(2)3)15-23-29(24(28)16-33(39)41-26)32(38)35(31(23)37)17-21-8-6-11-42-21/h6,8,11-14,18,23-24,26,29,36,39H,5,7,9-10,15-17H2,1-4H3/b19-12+/t23-,24+,26-,29-/m1/s1. The van der Waals surface area contributed by atoms with Crippen LogP contribution >= 0.6 is 33.9 Å². The first-order valence-corrected chi connectivity index (χ1v) is 16.8. The van der Waals surface area contributed by atoms with E-state index in [1.807, 2.05) is 29.6 Å². The Morgan fingerprint density at radius 2 is 2.05 bits per heavy atom. The van der Waals surface area contributed by atoms with Crippen LogP contribution in [0.15, 0.2) is 46.4 Å². The van der Waals surface area contributed by atoms with Crippen molar-refractivity contribution in [2.24, 2.45) is 23.7 Å².